The second kappa shape index (κ2) is 6.56. The number of ether oxygens (including phenoxy) is 1. The third-order valence-electron chi connectivity index (χ3n) is 2.87. The summed E-state index contributed by atoms with van der Waals surface area (Å²) in [5.41, 5.74) is 1.00. The number of aromatic nitrogens is 1. The Labute approximate surface area is 118 Å². The highest BCUT2D eigenvalue weighted by Crippen LogP contribution is 2.17. The minimum atomic E-state index is -0.285. The van der Waals surface area contributed by atoms with E-state index in [2.05, 4.69) is 15.6 Å². The molecular weight excluding hydrogens is 254 g/mol. The number of nitrogens with one attached hydrogen (secondary N) is 2. The summed E-state index contributed by atoms with van der Waals surface area (Å²) in [4.78, 5) is 15.9. The highest BCUT2D eigenvalue weighted by Gasteiger charge is 2.09. The maximum absolute atomic E-state index is 11.8. The van der Waals surface area contributed by atoms with Crippen LogP contribution < -0.4 is 15.4 Å². The molecular formula is C15H17N3O2. The van der Waals surface area contributed by atoms with Gasteiger partial charge in [0.1, 0.15) is 11.6 Å². The van der Waals surface area contributed by atoms with Crippen LogP contribution in [0.1, 0.15) is 18.5 Å². The molecule has 1 heterocycles. The minimum absolute atomic E-state index is 0.107. The molecule has 0 bridgehead atoms. The van der Waals surface area contributed by atoms with Gasteiger partial charge in [0.25, 0.3) is 0 Å². The fraction of sp³-hybridized carbons (Fsp3) is 0.200. The Morgan fingerprint density at radius 1 is 1.20 bits per heavy atom. The van der Waals surface area contributed by atoms with E-state index in [1.165, 1.54) is 0 Å². The van der Waals surface area contributed by atoms with Crippen molar-refractivity contribution in [3.63, 3.8) is 0 Å². The predicted molar refractivity (Wildman–Crippen MR) is 77.8 cm³/mol. The summed E-state index contributed by atoms with van der Waals surface area (Å²) < 4.78 is 5.10. The van der Waals surface area contributed by atoms with E-state index in [0.29, 0.717) is 5.82 Å². The normalized spacial score (nSPS) is 11.5. The van der Waals surface area contributed by atoms with Gasteiger partial charge in [-0.05, 0) is 36.8 Å². The van der Waals surface area contributed by atoms with Crippen molar-refractivity contribution in [3.8, 4) is 5.75 Å². The van der Waals surface area contributed by atoms with Crippen LogP contribution >= 0.6 is 0 Å². The molecule has 0 saturated heterocycles. The SMILES string of the molecule is COc1ccc(C(C)NC(=O)Nc2ccccn2)cc1. The highest BCUT2D eigenvalue weighted by molar-refractivity contribution is 5.88. The number of nitrogens with zero attached hydrogens (tertiary/aromatic N) is 1. The molecule has 2 N–H and O–H groups in total. The molecule has 104 valence electrons. The zero-order chi connectivity index (χ0) is 14.4. The maximum Gasteiger partial charge on any atom is 0.320 e. The number of urea groups is 1. The quantitative estimate of drug-likeness (QED) is 0.898. The minimum Gasteiger partial charge on any atom is -0.497 e. The number of pyridine rings is 1. The van der Waals surface area contributed by atoms with E-state index in [0.717, 1.165) is 11.3 Å². The molecule has 0 aliphatic rings. The molecule has 0 radical (unpaired) electrons. The molecule has 5 heteroatoms. The van der Waals surface area contributed by atoms with Crippen molar-refractivity contribution in [3.05, 3.63) is 54.2 Å². The van der Waals surface area contributed by atoms with Crippen LogP contribution in [0.25, 0.3) is 0 Å². The first-order valence-electron chi connectivity index (χ1n) is 6.31. The molecule has 1 aromatic heterocycles. The van der Waals surface area contributed by atoms with Gasteiger partial charge in [-0.15, -0.1) is 0 Å². The Kier molecular flexibility index (Phi) is 4.55. The molecule has 0 aliphatic carbocycles. The summed E-state index contributed by atoms with van der Waals surface area (Å²) in [6, 6.07) is 12.5. The lowest BCUT2D eigenvalue weighted by Crippen LogP contribution is -2.31. The van der Waals surface area contributed by atoms with Crippen LogP contribution in [0.4, 0.5) is 10.6 Å². The first-order valence-corrected chi connectivity index (χ1v) is 6.31. The number of amides is 2. The van der Waals surface area contributed by atoms with Gasteiger partial charge in [-0.3, -0.25) is 5.32 Å². The van der Waals surface area contributed by atoms with Gasteiger partial charge in [-0.1, -0.05) is 18.2 Å². The van der Waals surface area contributed by atoms with E-state index in [-0.39, 0.29) is 12.1 Å². The Morgan fingerprint density at radius 3 is 2.55 bits per heavy atom. The van der Waals surface area contributed by atoms with Crippen LogP contribution in [0.3, 0.4) is 0 Å². The molecule has 1 aromatic carbocycles. The summed E-state index contributed by atoms with van der Waals surface area (Å²) in [5, 5.41) is 5.53. The van der Waals surface area contributed by atoms with Crippen LogP contribution in [0, 0.1) is 0 Å². The largest absolute Gasteiger partial charge is 0.497 e. The van der Waals surface area contributed by atoms with Crippen molar-refractivity contribution in [2.45, 2.75) is 13.0 Å². The average Bonchev–Trinajstić information content (AvgIpc) is 2.48. The number of carbonyl (C=O) groups is 1. The van der Waals surface area contributed by atoms with Crippen LogP contribution in [0.2, 0.25) is 0 Å². The molecule has 5 nitrogen and oxygen atoms in total. The molecule has 2 aromatic rings. The van der Waals surface area contributed by atoms with E-state index in [1.54, 1.807) is 25.4 Å². The molecule has 2 rings (SSSR count). The summed E-state index contributed by atoms with van der Waals surface area (Å²) in [5.74, 6) is 1.31. The van der Waals surface area contributed by atoms with Gasteiger partial charge in [0.15, 0.2) is 0 Å². The predicted octanol–water partition coefficient (Wildman–Crippen LogP) is 2.97. The smallest absolute Gasteiger partial charge is 0.320 e. The van der Waals surface area contributed by atoms with Crippen LogP contribution in [0.5, 0.6) is 5.75 Å². The van der Waals surface area contributed by atoms with Gasteiger partial charge < -0.3 is 10.1 Å². The molecule has 2 amide bonds. The topological polar surface area (TPSA) is 63.2 Å². The highest BCUT2D eigenvalue weighted by atomic mass is 16.5. The second-order valence-corrected chi connectivity index (χ2v) is 4.31. The summed E-state index contributed by atoms with van der Waals surface area (Å²) >= 11 is 0. The fourth-order valence-electron chi connectivity index (χ4n) is 1.76. The number of benzene rings is 1. The third-order valence-corrected chi connectivity index (χ3v) is 2.87. The Bertz CT molecular complexity index is 555. The molecule has 0 saturated carbocycles. The van der Waals surface area contributed by atoms with Crippen LogP contribution in [-0.4, -0.2) is 18.1 Å². The Balaban J connectivity index is 1.93. The molecule has 0 aliphatic heterocycles. The molecule has 1 atom stereocenters. The van der Waals surface area contributed by atoms with Crippen molar-refractivity contribution in [1.82, 2.24) is 10.3 Å². The lowest BCUT2D eigenvalue weighted by atomic mass is 10.1. The summed E-state index contributed by atoms with van der Waals surface area (Å²) in [7, 11) is 1.62. The third kappa shape index (κ3) is 3.71. The van der Waals surface area contributed by atoms with E-state index < -0.39 is 0 Å². The molecule has 20 heavy (non-hydrogen) atoms. The van der Waals surface area contributed by atoms with Gasteiger partial charge in [-0.2, -0.15) is 0 Å². The van der Waals surface area contributed by atoms with Crippen molar-refractivity contribution >= 4 is 11.8 Å². The number of methoxy groups -OCH3 is 1. The summed E-state index contributed by atoms with van der Waals surface area (Å²) in [6.45, 7) is 1.92. The van der Waals surface area contributed by atoms with Crippen LogP contribution in [0.15, 0.2) is 48.7 Å². The number of hydrogen-bond acceptors (Lipinski definition) is 3. The maximum atomic E-state index is 11.8. The van der Waals surface area contributed by atoms with E-state index in [1.807, 2.05) is 37.3 Å². The Hall–Kier alpha value is -2.56. The average molecular weight is 271 g/mol. The first-order chi connectivity index (χ1) is 9.69. The van der Waals surface area contributed by atoms with Gasteiger partial charge in [-0.25, -0.2) is 9.78 Å². The number of anilines is 1. The lowest BCUT2D eigenvalue weighted by Gasteiger charge is -2.15. The zero-order valence-electron chi connectivity index (χ0n) is 11.5. The number of carbonyl (C=O) groups excluding carboxylic acids is 1. The van der Waals surface area contributed by atoms with Crippen molar-refractivity contribution in [1.29, 1.82) is 0 Å². The first kappa shape index (κ1) is 13.9. The van der Waals surface area contributed by atoms with Gasteiger partial charge in [0, 0.05) is 6.20 Å². The van der Waals surface area contributed by atoms with Crippen molar-refractivity contribution in [2.75, 3.05) is 12.4 Å². The Morgan fingerprint density at radius 2 is 1.95 bits per heavy atom. The van der Waals surface area contributed by atoms with Gasteiger partial charge in [0.2, 0.25) is 0 Å². The van der Waals surface area contributed by atoms with Crippen molar-refractivity contribution in [2.24, 2.45) is 0 Å². The standard InChI is InChI=1S/C15H17N3O2/c1-11(12-6-8-13(20-2)9-7-12)17-15(19)18-14-5-3-4-10-16-14/h3-11H,1-2H3,(H2,16,17,18,19). The van der Waals surface area contributed by atoms with Crippen LogP contribution in [-0.2, 0) is 0 Å². The monoisotopic (exact) mass is 271 g/mol. The summed E-state index contributed by atoms with van der Waals surface area (Å²) in [6.07, 6.45) is 1.63. The van der Waals surface area contributed by atoms with Gasteiger partial charge >= 0.3 is 6.03 Å². The lowest BCUT2D eigenvalue weighted by molar-refractivity contribution is 0.249. The van der Waals surface area contributed by atoms with Crippen molar-refractivity contribution < 1.29 is 9.53 Å². The van der Waals surface area contributed by atoms with Gasteiger partial charge in [0.05, 0.1) is 13.2 Å². The molecule has 0 spiro atoms. The number of rotatable bonds is 4. The van der Waals surface area contributed by atoms with E-state index in [9.17, 15) is 4.79 Å². The molecule has 0 fully saturated rings. The zero-order valence-corrected chi connectivity index (χ0v) is 11.5. The fourth-order valence-corrected chi connectivity index (χ4v) is 1.76. The van der Waals surface area contributed by atoms with E-state index in [4.69, 9.17) is 4.74 Å². The second-order valence-electron chi connectivity index (χ2n) is 4.31. The number of hydrogen-bond donors (Lipinski definition) is 2. The van der Waals surface area contributed by atoms with E-state index >= 15 is 0 Å². The molecule has 1 unspecified atom stereocenters.